The second kappa shape index (κ2) is 18.3. The van der Waals surface area contributed by atoms with Crippen LogP contribution in [0, 0.1) is 12.3 Å². The standard InChI is InChI=1S/C26H39ClN6O14P2/c1-2-4-42-6-8-44-10-11-45-9-7-43-5-3-20(34)29-17-13-32(14-17)23-18-12-28-33(24(18)31-26(27)30-23)25-22(36)21(35)19(47-25)15-46-49(40,41)16-48(37,38)39/h1,12,17,19,21-22,25,35-36H,3-11,13-16H2,(H,29,34)(H,40,41)(H2,37,38,39)/t19-,21-,22-,25-/m1/s1. The number of aliphatic hydroxyl groups is 2. The number of aliphatic hydroxyl groups excluding tert-OH is 2. The lowest BCUT2D eigenvalue weighted by Crippen LogP contribution is -2.59. The van der Waals surface area contributed by atoms with Gasteiger partial charge in [-0.1, -0.05) is 5.92 Å². The fourth-order valence-electron chi connectivity index (χ4n) is 4.84. The van der Waals surface area contributed by atoms with Crippen LogP contribution in [0.25, 0.3) is 11.0 Å². The lowest BCUT2D eigenvalue weighted by molar-refractivity contribution is -0.123. The third kappa shape index (κ3) is 11.9. The van der Waals surface area contributed by atoms with Gasteiger partial charge in [0.15, 0.2) is 17.8 Å². The number of carbonyl (C=O) groups excluding carboxylic acids is 1. The Bertz CT molecular complexity index is 1540. The van der Waals surface area contributed by atoms with Gasteiger partial charge in [0, 0.05) is 19.5 Å². The van der Waals surface area contributed by atoms with Crippen LogP contribution in [0.15, 0.2) is 6.20 Å². The zero-order chi connectivity index (χ0) is 35.6. The molecule has 23 heteroatoms. The van der Waals surface area contributed by atoms with E-state index in [2.05, 4.69) is 26.3 Å². The average molecular weight is 757 g/mol. The number of amides is 1. The predicted octanol–water partition coefficient (Wildman–Crippen LogP) is -1.17. The molecule has 1 amide bonds. The Morgan fingerprint density at radius 2 is 1.65 bits per heavy atom. The predicted molar refractivity (Wildman–Crippen MR) is 170 cm³/mol. The van der Waals surface area contributed by atoms with Gasteiger partial charge in [0.05, 0.1) is 70.5 Å². The van der Waals surface area contributed by atoms with Gasteiger partial charge in [-0.05, 0) is 11.6 Å². The fourth-order valence-corrected chi connectivity index (χ4v) is 7.57. The number of carbonyl (C=O) groups is 1. The van der Waals surface area contributed by atoms with E-state index >= 15 is 0 Å². The number of nitrogens with one attached hydrogen (secondary N) is 1. The van der Waals surface area contributed by atoms with Crippen LogP contribution in [0.5, 0.6) is 0 Å². The van der Waals surface area contributed by atoms with Gasteiger partial charge >= 0.3 is 15.2 Å². The van der Waals surface area contributed by atoms with Gasteiger partial charge in [0.25, 0.3) is 0 Å². The highest BCUT2D eigenvalue weighted by Crippen LogP contribution is 2.55. The van der Waals surface area contributed by atoms with E-state index in [0.29, 0.717) is 63.9 Å². The van der Waals surface area contributed by atoms with Crippen LogP contribution in [0.4, 0.5) is 5.82 Å². The first kappa shape index (κ1) is 39.5. The van der Waals surface area contributed by atoms with E-state index in [0.717, 1.165) is 4.68 Å². The van der Waals surface area contributed by atoms with Gasteiger partial charge in [0.1, 0.15) is 30.7 Å². The minimum atomic E-state index is -4.87. The van der Waals surface area contributed by atoms with Gasteiger partial charge in [-0.3, -0.25) is 13.9 Å². The maximum atomic E-state index is 12.4. The summed E-state index contributed by atoms with van der Waals surface area (Å²) >= 11 is 6.20. The summed E-state index contributed by atoms with van der Waals surface area (Å²) < 4.78 is 55.9. The number of rotatable bonds is 21. The minimum absolute atomic E-state index is 0.147. The van der Waals surface area contributed by atoms with Crippen LogP contribution in [-0.4, -0.2) is 153 Å². The lowest BCUT2D eigenvalue weighted by atomic mass is 10.1. The van der Waals surface area contributed by atoms with Crippen molar-refractivity contribution in [3.8, 4) is 12.3 Å². The maximum Gasteiger partial charge on any atom is 0.340 e. The summed E-state index contributed by atoms with van der Waals surface area (Å²) in [4.78, 5) is 50.4. The second-order valence-electron chi connectivity index (χ2n) is 10.9. The molecule has 0 aromatic carbocycles. The summed E-state index contributed by atoms with van der Waals surface area (Å²) in [5.74, 6) is 1.16. The Hall–Kier alpha value is -2.31. The van der Waals surface area contributed by atoms with Crippen molar-refractivity contribution < 1.29 is 67.0 Å². The van der Waals surface area contributed by atoms with Gasteiger partial charge in [-0.25, -0.2) is 4.68 Å². The van der Waals surface area contributed by atoms with E-state index in [9.17, 15) is 29.0 Å². The van der Waals surface area contributed by atoms with Crippen molar-refractivity contribution in [3.05, 3.63) is 11.5 Å². The maximum absolute atomic E-state index is 12.4. The quantitative estimate of drug-likeness (QED) is 0.0379. The summed E-state index contributed by atoms with van der Waals surface area (Å²) in [7, 11) is -9.60. The van der Waals surface area contributed by atoms with Crippen LogP contribution in [0.1, 0.15) is 12.6 Å². The zero-order valence-electron chi connectivity index (χ0n) is 26.2. The number of hydrogen-bond acceptors (Lipinski definition) is 15. The molecule has 0 bridgehead atoms. The number of halogens is 1. The van der Waals surface area contributed by atoms with E-state index in [4.69, 9.17) is 56.0 Å². The molecule has 2 saturated heterocycles. The molecule has 0 saturated carbocycles. The number of hydrogen-bond donors (Lipinski definition) is 6. The molecule has 20 nitrogen and oxygen atoms in total. The fraction of sp³-hybridized carbons (Fsp3) is 0.692. The van der Waals surface area contributed by atoms with E-state index in [1.165, 1.54) is 6.20 Å². The monoisotopic (exact) mass is 756 g/mol. The molecule has 4 rings (SSSR count). The van der Waals surface area contributed by atoms with Crippen molar-refractivity contribution in [1.29, 1.82) is 0 Å². The Balaban J connectivity index is 1.20. The first-order valence-corrected chi connectivity index (χ1v) is 18.9. The molecule has 2 aromatic heterocycles. The van der Waals surface area contributed by atoms with Gasteiger partial charge < -0.3 is 63.3 Å². The molecular formula is C26H39ClN6O14P2. The minimum Gasteiger partial charge on any atom is -0.387 e. The van der Waals surface area contributed by atoms with Gasteiger partial charge in [0.2, 0.25) is 11.2 Å². The van der Waals surface area contributed by atoms with Gasteiger partial charge in [-0.15, -0.1) is 6.42 Å². The van der Waals surface area contributed by atoms with Crippen molar-refractivity contribution >= 4 is 49.6 Å². The molecule has 0 spiro atoms. The Morgan fingerprint density at radius 3 is 2.29 bits per heavy atom. The second-order valence-corrected chi connectivity index (χ2v) is 15.3. The van der Waals surface area contributed by atoms with Crippen molar-refractivity contribution in [3.63, 3.8) is 0 Å². The highest BCUT2D eigenvalue weighted by molar-refractivity contribution is 7.70. The molecule has 4 heterocycles. The first-order chi connectivity index (χ1) is 23.3. The van der Waals surface area contributed by atoms with Crippen molar-refractivity contribution in [2.24, 2.45) is 0 Å². The van der Waals surface area contributed by atoms with E-state index < -0.39 is 52.2 Å². The number of ether oxygens (including phenoxy) is 5. The van der Waals surface area contributed by atoms with Crippen LogP contribution >= 0.6 is 26.8 Å². The summed E-state index contributed by atoms with van der Waals surface area (Å²) in [6.07, 6.45) is 0.756. The summed E-state index contributed by atoms with van der Waals surface area (Å²) in [6.45, 7) is 2.88. The van der Waals surface area contributed by atoms with Crippen molar-refractivity contribution in [2.45, 2.75) is 37.0 Å². The van der Waals surface area contributed by atoms with Crippen LogP contribution in [0.3, 0.4) is 0 Å². The molecular weight excluding hydrogens is 718 g/mol. The smallest absolute Gasteiger partial charge is 0.340 e. The molecule has 274 valence electrons. The SMILES string of the molecule is C#CCOCCOCCOCCOCCC(=O)NC1CN(c2nc(Cl)nc3c2cnn3[C@@H]2O[C@H](COP(=O)(O)CP(=O)(O)O)[C@@H](O)[C@H]2O)C1. The highest BCUT2D eigenvalue weighted by atomic mass is 35.5. The molecule has 2 aliphatic rings. The Labute approximate surface area is 285 Å². The van der Waals surface area contributed by atoms with Crippen molar-refractivity contribution in [1.82, 2.24) is 25.1 Å². The highest BCUT2D eigenvalue weighted by Gasteiger charge is 2.46. The van der Waals surface area contributed by atoms with Crippen LogP contribution in [0.2, 0.25) is 5.28 Å². The molecule has 0 aliphatic carbocycles. The summed E-state index contributed by atoms with van der Waals surface area (Å²) in [5, 5.41) is 28.6. The normalized spacial score (nSPS) is 22.6. The van der Waals surface area contributed by atoms with E-state index in [1.54, 1.807) is 0 Å². The number of fused-ring (bicyclic) bond motifs is 1. The Kier molecular flexibility index (Phi) is 14.7. The number of aromatic nitrogens is 4. The van der Waals surface area contributed by atoms with Crippen LogP contribution in [-0.2, 0) is 42.1 Å². The summed E-state index contributed by atoms with van der Waals surface area (Å²) in [6, 6.07) is -0.171. The number of terminal acetylenes is 1. The molecule has 5 atom stereocenters. The third-order valence-corrected chi connectivity index (χ3v) is 10.7. The topological polar surface area (TPSA) is 267 Å². The molecule has 2 aliphatic heterocycles. The number of anilines is 1. The summed E-state index contributed by atoms with van der Waals surface area (Å²) in [5.41, 5.74) is 0.147. The average Bonchev–Trinajstić information content (AvgIpc) is 3.54. The van der Waals surface area contributed by atoms with Gasteiger partial charge in [-0.2, -0.15) is 15.1 Å². The zero-order valence-corrected chi connectivity index (χ0v) is 28.7. The molecule has 2 aromatic rings. The third-order valence-electron chi connectivity index (χ3n) is 7.11. The van der Waals surface area contributed by atoms with E-state index in [-0.39, 0.29) is 42.5 Å². The van der Waals surface area contributed by atoms with Crippen molar-refractivity contribution in [2.75, 3.05) is 83.4 Å². The molecule has 6 N–H and O–H groups in total. The molecule has 0 radical (unpaired) electrons. The van der Waals surface area contributed by atoms with E-state index in [1.807, 2.05) is 4.90 Å². The van der Waals surface area contributed by atoms with Crippen LogP contribution < -0.4 is 10.2 Å². The molecule has 49 heavy (non-hydrogen) atoms. The number of nitrogens with zero attached hydrogens (tertiary/aromatic N) is 5. The lowest BCUT2D eigenvalue weighted by Gasteiger charge is -2.40. The largest absolute Gasteiger partial charge is 0.387 e. The molecule has 1 unspecified atom stereocenters. The Morgan fingerprint density at radius 1 is 1.02 bits per heavy atom. The molecule has 2 fully saturated rings. The first-order valence-electron chi connectivity index (χ1n) is 15.0.